The molecule has 0 bridgehead atoms. The van der Waals surface area contributed by atoms with Crippen LogP contribution in [0.3, 0.4) is 0 Å². The van der Waals surface area contributed by atoms with E-state index >= 15 is 0 Å². The van der Waals surface area contributed by atoms with Gasteiger partial charge in [0.15, 0.2) is 0 Å². The molecule has 3 nitrogen and oxygen atoms in total. The maximum atomic E-state index is 6.45. The number of aryl methyl sites for hydroxylation is 1. The minimum absolute atomic E-state index is 0.0547. The van der Waals surface area contributed by atoms with Crippen LogP contribution in [0.5, 0.6) is 0 Å². The minimum Gasteiger partial charge on any atom is -0.305 e. The van der Waals surface area contributed by atoms with Crippen LogP contribution in [0.15, 0.2) is 34.9 Å². The molecule has 0 saturated heterocycles. The summed E-state index contributed by atoms with van der Waals surface area (Å²) in [5, 5.41) is 8.66. The van der Waals surface area contributed by atoms with Crippen LogP contribution in [0.25, 0.3) is 0 Å². The van der Waals surface area contributed by atoms with Gasteiger partial charge in [-0.2, -0.15) is 5.10 Å². The Bertz CT molecular complexity index is 568. The monoisotopic (exact) mass is 355 g/mol. The average molecular weight is 357 g/mol. The topological polar surface area (TPSA) is 29.9 Å². The summed E-state index contributed by atoms with van der Waals surface area (Å²) in [6.45, 7) is 6.03. The molecule has 20 heavy (non-hydrogen) atoms. The Morgan fingerprint density at radius 2 is 2.15 bits per heavy atom. The van der Waals surface area contributed by atoms with Gasteiger partial charge in [0.05, 0.1) is 16.8 Å². The van der Waals surface area contributed by atoms with Crippen molar-refractivity contribution in [1.82, 2.24) is 15.1 Å². The van der Waals surface area contributed by atoms with Crippen molar-refractivity contribution in [1.29, 1.82) is 0 Å². The van der Waals surface area contributed by atoms with E-state index in [9.17, 15) is 0 Å². The van der Waals surface area contributed by atoms with Crippen LogP contribution >= 0.6 is 27.5 Å². The number of halogens is 2. The molecule has 0 aliphatic carbocycles. The molecule has 2 aromatic rings. The van der Waals surface area contributed by atoms with Crippen LogP contribution < -0.4 is 5.32 Å². The van der Waals surface area contributed by atoms with Crippen molar-refractivity contribution in [3.05, 3.63) is 51.2 Å². The summed E-state index contributed by atoms with van der Waals surface area (Å²) in [6, 6.07) is 8.14. The van der Waals surface area contributed by atoms with Gasteiger partial charge in [-0.3, -0.25) is 4.68 Å². The zero-order chi connectivity index (χ0) is 14.5. The first kappa shape index (κ1) is 15.5. The van der Waals surface area contributed by atoms with E-state index < -0.39 is 0 Å². The molecular weight excluding hydrogens is 338 g/mol. The SMILES string of the molecule is CCCn1nccc1C(NCC)c1cccc(Br)c1Cl. The second-order valence-corrected chi connectivity index (χ2v) is 5.85. The Kier molecular flexibility index (Phi) is 5.64. The fraction of sp³-hybridized carbons (Fsp3) is 0.400. The molecule has 0 aliphatic heterocycles. The predicted molar refractivity (Wildman–Crippen MR) is 87.2 cm³/mol. The Hall–Kier alpha value is -0.840. The summed E-state index contributed by atoms with van der Waals surface area (Å²) in [6.07, 6.45) is 2.90. The van der Waals surface area contributed by atoms with Crippen molar-refractivity contribution in [2.75, 3.05) is 6.54 Å². The van der Waals surface area contributed by atoms with Crippen molar-refractivity contribution < 1.29 is 0 Å². The van der Waals surface area contributed by atoms with E-state index in [2.05, 4.69) is 52.3 Å². The van der Waals surface area contributed by atoms with E-state index in [1.807, 2.05) is 23.0 Å². The van der Waals surface area contributed by atoms with Crippen molar-refractivity contribution in [2.24, 2.45) is 0 Å². The Morgan fingerprint density at radius 3 is 2.85 bits per heavy atom. The van der Waals surface area contributed by atoms with E-state index in [4.69, 9.17) is 11.6 Å². The van der Waals surface area contributed by atoms with Crippen LogP contribution in [0, 0.1) is 0 Å². The number of aromatic nitrogens is 2. The second-order valence-electron chi connectivity index (χ2n) is 4.61. The van der Waals surface area contributed by atoms with Gasteiger partial charge in [-0.05, 0) is 46.6 Å². The average Bonchev–Trinajstić information content (AvgIpc) is 2.88. The molecule has 0 amide bonds. The van der Waals surface area contributed by atoms with Gasteiger partial charge in [-0.1, -0.05) is 37.6 Å². The smallest absolute Gasteiger partial charge is 0.0763 e. The third-order valence-electron chi connectivity index (χ3n) is 3.18. The van der Waals surface area contributed by atoms with Crippen LogP contribution in [0.4, 0.5) is 0 Å². The zero-order valence-corrected chi connectivity index (χ0v) is 14.1. The maximum absolute atomic E-state index is 6.45. The molecule has 2 rings (SSSR count). The van der Waals surface area contributed by atoms with Gasteiger partial charge in [-0.25, -0.2) is 0 Å². The fourth-order valence-corrected chi connectivity index (χ4v) is 2.92. The summed E-state index contributed by atoms with van der Waals surface area (Å²) >= 11 is 9.95. The first-order valence-electron chi connectivity index (χ1n) is 6.88. The molecule has 1 heterocycles. The number of hydrogen-bond acceptors (Lipinski definition) is 2. The molecule has 0 spiro atoms. The summed E-state index contributed by atoms with van der Waals surface area (Å²) in [7, 11) is 0. The van der Waals surface area contributed by atoms with Gasteiger partial charge < -0.3 is 5.32 Å². The molecule has 1 unspecified atom stereocenters. The third-order valence-corrected chi connectivity index (χ3v) is 4.49. The highest BCUT2D eigenvalue weighted by molar-refractivity contribution is 9.10. The van der Waals surface area contributed by atoms with Gasteiger partial charge in [0.25, 0.3) is 0 Å². The first-order chi connectivity index (χ1) is 9.69. The zero-order valence-electron chi connectivity index (χ0n) is 11.7. The lowest BCUT2D eigenvalue weighted by atomic mass is 10.0. The van der Waals surface area contributed by atoms with Gasteiger partial charge in [0, 0.05) is 17.2 Å². The van der Waals surface area contributed by atoms with Gasteiger partial charge >= 0.3 is 0 Å². The second kappa shape index (κ2) is 7.25. The van der Waals surface area contributed by atoms with E-state index in [-0.39, 0.29) is 6.04 Å². The van der Waals surface area contributed by atoms with E-state index in [0.29, 0.717) is 0 Å². The highest BCUT2D eigenvalue weighted by Gasteiger charge is 2.20. The highest BCUT2D eigenvalue weighted by atomic mass is 79.9. The maximum Gasteiger partial charge on any atom is 0.0763 e. The predicted octanol–water partition coefficient (Wildman–Crippen LogP) is 4.41. The number of hydrogen-bond donors (Lipinski definition) is 1. The molecule has 108 valence electrons. The molecule has 1 aromatic heterocycles. The lowest BCUT2D eigenvalue weighted by Gasteiger charge is -2.21. The number of benzene rings is 1. The minimum atomic E-state index is 0.0547. The van der Waals surface area contributed by atoms with E-state index in [0.717, 1.165) is 40.3 Å². The van der Waals surface area contributed by atoms with Crippen molar-refractivity contribution >= 4 is 27.5 Å². The lowest BCUT2D eigenvalue weighted by molar-refractivity contribution is 0.520. The molecule has 0 radical (unpaired) electrons. The third kappa shape index (κ3) is 3.25. The van der Waals surface area contributed by atoms with Crippen molar-refractivity contribution in [3.63, 3.8) is 0 Å². The van der Waals surface area contributed by atoms with Gasteiger partial charge in [0.2, 0.25) is 0 Å². The number of nitrogens with one attached hydrogen (secondary N) is 1. The molecule has 1 atom stereocenters. The number of nitrogens with zero attached hydrogens (tertiary/aromatic N) is 2. The van der Waals surface area contributed by atoms with Crippen molar-refractivity contribution in [3.8, 4) is 0 Å². The van der Waals surface area contributed by atoms with Crippen LogP contribution in [0.1, 0.15) is 37.6 Å². The Morgan fingerprint density at radius 1 is 1.35 bits per heavy atom. The quantitative estimate of drug-likeness (QED) is 0.831. The molecule has 1 aromatic carbocycles. The Balaban J connectivity index is 2.45. The van der Waals surface area contributed by atoms with Crippen LogP contribution in [0.2, 0.25) is 5.02 Å². The molecule has 1 N–H and O–H groups in total. The summed E-state index contributed by atoms with van der Waals surface area (Å²) in [5.41, 5.74) is 2.22. The molecule has 0 saturated carbocycles. The lowest BCUT2D eigenvalue weighted by Crippen LogP contribution is -2.25. The molecule has 5 heteroatoms. The normalized spacial score (nSPS) is 12.6. The summed E-state index contributed by atoms with van der Waals surface area (Å²) < 4.78 is 2.96. The molecular formula is C15H19BrClN3. The van der Waals surface area contributed by atoms with E-state index in [1.54, 1.807) is 0 Å². The highest BCUT2D eigenvalue weighted by Crippen LogP contribution is 2.33. The van der Waals surface area contributed by atoms with Gasteiger partial charge in [-0.15, -0.1) is 0 Å². The number of rotatable bonds is 6. The summed E-state index contributed by atoms with van der Waals surface area (Å²) in [5.74, 6) is 0. The first-order valence-corrected chi connectivity index (χ1v) is 8.05. The van der Waals surface area contributed by atoms with E-state index in [1.165, 1.54) is 0 Å². The van der Waals surface area contributed by atoms with Crippen LogP contribution in [-0.2, 0) is 6.54 Å². The van der Waals surface area contributed by atoms with Crippen molar-refractivity contribution in [2.45, 2.75) is 32.9 Å². The molecule has 0 fully saturated rings. The fourth-order valence-electron chi connectivity index (χ4n) is 2.31. The standard InChI is InChI=1S/C15H19BrClN3/c1-3-10-20-13(8-9-19-20)15(18-4-2)11-6-5-7-12(16)14(11)17/h5-9,15,18H,3-4,10H2,1-2H3. The summed E-state index contributed by atoms with van der Waals surface area (Å²) in [4.78, 5) is 0. The van der Waals surface area contributed by atoms with Crippen LogP contribution in [-0.4, -0.2) is 16.3 Å². The molecule has 0 aliphatic rings. The largest absolute Gasteiger partial charge is 0.305 e. The Labute approximate surface area is 133 Å². The van der Waals surface area contributed by atoms with Gasteiger partial charge in [0.1, 0.15) is 0 Å².